The van der Waals surface area contributed by atoms with E-state index in [2.05, 4.69) is 19.2 Å². The highest BCUT2D eigenvalue weighted by Crippen LogP contribution is 2.32. The van der Waals surface area contributed by atoms with Gasteiger partial charge >= 0.3 is 5.97 Å². The summed E-state index contributed by atoms with van der Waals surface area (Å²) in [5, 5.41) is 3.06. The van der Waals surface area contributed by atoms with E-state index in [1.165, 1.54) is 13.5 Å². The van der Waals surface area contributed by atoms with Crippen LogP contribution in [0.3, 0.4) is 0 Å². The van der Waals surface area contributed by atoms with E-state index in [1.807, 2.05) is 13.8 Å². The predicted octanol–water partition coefficient (Wildman–Crippen LogP) is 2.76. The van der Waals surface area contributed by atoms with Crippen LogP contribution in [0.4, 0.5) is 0 Å². The molecule has 20 heavy (non-hydrogen) atoms. The minimum absolute atomic E-state index is 0.0390. The third-order valence-electron chi connectivity index (χ3n) is 4.86. The molecule has 0 saturated heterocycles. The van der Waals surface area contributed by atoms with Crippen molar-refractivity contribution < 1.29 is 14.3 Å². The van der Waals surface area contributed by atoms with Gasteiger partial charge in [0.25, 0.3) is 0 Å². The van der Waals surface area contributed by atoms with Gasteiger partial charge in [0.15, 0.2) is 0 Å². The zero-order chi connectivity index (χ0) is 15.3. The highest BCUT2D eigenvalue weighted by molar-refractivity contribution is 5.80. The minimum atomic E-state index is -0.679. The predicted molar refractivity (Wildman–Crippen MR) is 80.6 cm³/mol. The molecule has 5 atom stereocenters. The van der Waals surface area contributed by atoms with Gasteiger partial charge in [-0.05, 0) is 52.0 Å². The van der Waals surface area contributed by atoms with E-state index >= 15 is 0 Å². The Morgan fingerprint density at radius 2 is 2.00 bits per heavy atom. The SMILES string of the molecule is CNC(C)(CC(C)OC1CCC(C)C(C)C1)C(=O)OC. The molecule has 0 bridgehead atoms. The number of ether oxygens (including phenoxy) is 2. The lowest BCUT2D eigenvalue weighted by molar-refractivity contribution is -0.150. The second kappa shape index (κ2) is 7.41. The van der Waals surface area contributed by atoms with Gasteiger partial charge in [-0.25, -0.2) is 0 Å². The molecule has 0 heterocycles. The molecule has 1 aliphatic rings. The van der Waals surface area contributed by atoms with E-state index in [-0.39, 0.29) is 12.1 Å². The van der Waals surface area contributed by atoms with E-state index in [9.17, 15) is 4.79 Å². The summed E-state index contributed by atoms with van der Waals surface area (Å²) in [6.45, 7) is 8.53. The maximum atomic E-state index is 11.8. The van der Waals surface area contributed by atoms with Gasteiger partial charge in [-0.15, -0.1) is 0 Å². The van der Waals surface area contributed by atoms with E-state index in [1.54, 1.807) is 7.05 Å². The van der Waals surface area contributed by atoms with E-state index in [0.29, 0.717) is 12.5 Å². The van der Waals surface area contributed by atoms with Crippen molar-refractivity contribution in [3.63, 3.8) is 0 Å². The first-order valence-electron chi connectivity index (χ1n) is 7.75. The van der Waals surface area contributed by atoms with Crippen LogP contribution in [-0.4, -0.2) is 37.9 Å². The molecule has 0 aromatic rings. The van der Waals surface area contributed by atoms with Crippen LogP contribution in [0.1, 0.15) is 53.4 Å². The van der Waals surface area contributed by atoms with Gasteiger partial charge in [0.1, 0.15) is 5.54 Å². The Hall–Kier alpha value is -0.610. The van der Waals surface area contributed by atoms with Crippen LogP contribution in [-0.2, 0) is 14.3 Å². The van der Waals surface area contributed by atoms with Gasteiger partial charge in [0, 0.05) is 6.42 Å². The van der Waals surface area contributed by atoms with Gasteiger partial charge in [0.2, 0.25) is 0 Å². The quantitative estimate of drug-likeness (QED) is 0.762. The maximum Gasteiger partial charge on any atom is 0.325 e. The highest BCUT2D eigenvalue weighted by atomic mass is 16.5. The van der Waals surface area contributed by atoms with E-state index in [0.717, 1.165) is 24.7 Å². The van der Waals surface area contributed by atoms with Crippen LogP contribution in [0.2, 0.25) is 0 Å². The molecule has 1 N–H and O–H groups in total. The molecule has 4 nitrogen and oxygen atoms in total. The van der Waals surface area contributed by atoms with Crippen molar-refractivity contribution in [3.8, 4) is 0 Å². The van der Waals surface area contributed by atoms with Crippen molar-refractivity contribution in [2.75, 3.05) is 14.2 Å². The van der Waals surface area contributed by atoms with Crippen molar-refractivity contribution in [1.82, 2.24) is 5.32 Å². The molecule has 5 unspecified atom stereocenters. The van der Waals surface area contributed by atoms with Gasteiger partial charge in [0.05, 0.1) is 19.3 Å². The smallest absolute Gasteiger partial charge is 0.325 e. The molecule has 0 radical (unpaired) electrons. The van der Waals surface area contributed by atoms with Crippen LogP contribution in [0.15, 0.2) is 0 Å². The number of hydrogen-bond donors (Lipinski definition) is 1. The van der Waals surface area contributed by atoms with Gasteiger partial charge < -0.3 is 14.8 Å². The summed E-state index contributed by atoms with van der Waals surface area (Å²) in [7, 11) is 3.21. The third kappa shape index (κ3) is 4.45. The van der Waals surface area contributed by atoms with Gasteiger partial charge in [-0.2, -0.15) is 0 Å². The molecule has 4 heteroatoms. The molecule has 1 saturated carbocycles. The highest BCUT2D eigenvalue weighted by Gasteiger charge is 2.35. The molecular weight excluding hydrogens is 254 g/mol. The summed E-state index contributed by atoms with van der Waals surface area (Å²) in [5.41, 5.74) is -0.679. The first-order chi connectivity index (χ1) is 9.32. The number of esters is 1. The fourth-order valence-corrected chi connectivity index (χ4v) is 3.09. The molecule has 1 aliphatic carbocycles. The molecule has 0 spiro atoms. The molecular formula is C16H31NO3. The molecule has 0 aromatic carbocycles. The van der Waals surface area contributed by atoms with Gasteiger partial charge in [-0.1, -0.05) is 13.8 Å². The standard InChI is InChI=1S/C16H31NO3/c1-11-7-8-14(9-12(11)2)20-13(3)10-16(4,17-5)15(18)19-6/h11-14,17H,7-10H2,1-6H3. The lowest BCUT2D eigenvalue weighted by Gasteiger charge is -2.35. The summed E-state index contributed by atoms with van der Waals surface area (Å²) in [6, 6.07) is 0. The fourth-order valence-electron chi connectivity index (χ4n) is 3.09. The van der Waals surface area contributed by atoms with Crippen LogP contribution >= 0.6 is 0 Å². The Bertz CT molecular complexity index is 321. The minimum Gasteiger partial charge on any atom is -0.468 e. The van der Waals surface area contributed by atoms with Crippen LogP contribution in [0.5, 0.6) is 0 Å². The van der Waals surface area contributed by atoms with Crippen molar-refractivity contribution in [2.24, 2.45) is 11.8 Å². The van der Waals surface area contributed by atoms with Crippen LogP contribution < -0.4 is 5.32 Å². The lowest BCUT2D eigenvalue weighted by Crippen LogP contribution is -2.50. The van der Waals surface area contributed by atoms with Gasteiger partial charge in [-0.3, -0.25) is 4.79 Å². The largest absolute Gasteiger partial charge is 0.468 e. The molecule has 0 amide bonds. The van der Waals surface area contributed by atoms with E-state index in [4.69, 9.17) is 9.47 Å². The first-order valence-corrected chi connectivity index (χ1v) is 7.75. The molecule has 1 rings (SSSR count). The summed E-state index contributed by atoms with van der Waals surface area (Å²) >= 11 is 0. The van der Waals surface area contributed by atoms with Crippen LogP contribution in [0, 0.1) is 11.8 Å². The lowest BCUT2D eigenvalue weighted by atomic mass is 9.80. The Kier molecular flexibility index (Phi) is 6.46. The first kappa shape index (κ1) is 17.4. The number of carbonyl (C=O) groups excluding carboxylic acids is 1. The number of likely N-dealkylation sites (N-methyl/N-ethyl adjacent to an activating group) is 1. The second-order valence-corrected chi connectivity index (χ2v) is 6.61. The molecule has 0 aromatic heterocycles. The Morgan fingerprint density at radius 1 is 1.35 bits per heavy atom. The summed E-state index contributed by atoms with van der Waals surface area (Å²) < 4.78 is 11.0. The number of methoxy groups -OCH3 is 1. The Balaban J connectivity index is 2.50. The van der Waals surface area contributed by atoms with Crippen molar-refractivity contribution in [1.29, 1.82) is 0 Å². The number of carbonyl (C=O) groups is 1. The normalized spacial score (nSPS) is 31.4. The fraction of sp³-hybridized carbons (Fsp3) is 0.938. The Labute approximate surface area is 123 Å². The van der Waals surface area contributed by atoms with E-state index < -0.39 is 5.54 Å². The average molecular weight is 285 g/mol. The Morgan fingerprint density at radius 3 is 2.50 bits per heavy atom. The number of hydrogen-bond acceptors (Lipinski definition) is 4. The zero-order valence-electron chi connectivity index (χ0n) is 13.9. The number of rotatable bonds is 6. The molecule has 118 valence electrons. The average Bonchev–Trinajstić information content (AvgIpc) is 2.41. The molecule has 1 fully saturated rings. The second-order valence-electron chi connectivity index (χ2n) is 6.61. The summed E-state index contributed by atoms with van der Waals surface area (Å²) in [5.74, 6) is 1.28. The zero-order valence-corrected chi connectivity index (χ0v) is 13.9. The molecule has 0 aliphatic heterocycles. The number of nitrogens with one attached hydrogen (secondary N) is 1. The third-order valence-corrected chi connectivity index (χ3v) is 4.86. The maximum absolute atomic E-state index is 11.8. The topological polar surface area (TPSA) is 47.6 Å². The summed E-state index contributed by atoms with van der Waals surface area (Å²) in [4.78, 5) is 11.8. The van der Waals surface area contributed by atoms with Crippen LogP contribution in [0.25, 0.3) is 0 Å². The monoisotopic (exact) mass is 285 g/mol. The van der Waals surface area contributed by atoms with Crippen molar-refractivity contribution >= 4 is 5.97 Å². The van der Waals surface area contributed by atoms with Crippen molar-refractivity contribution in [3.05, 3.63) is 0 Å². The van der Waals surface area contributed by atoms with Crippen molar-refractivity contribution in [2.45, 2.75) is 71.1 Å². The summed E-state index contributed by atoms with van der Waals surface area (Å²) in [6.07, 6.45) is 4.48.